The predicted molar refractivity (Wildman–Crippen MR) is 129 cm³/mol. The Morgan fingerprint density at radius 2 is 1.31 bits per heavy atom. The molecule has 1 fully saturated rings. The van der Waals surface area contributed by atoms with Gasteiger partial charge in [-0.25, -0.2) is 13.2 Å². The lowest BCUT2D eigenvalue weighted by molar-refractivity contribution is -0.185. The summed E-state index contributed by atoms with van der Waals surface area (Å²) >= 11 is 0. The summed E-state index contributed by atoms with van der Waals surface area (Å²) in [7, 11) is 0. The standard InChI is InChI=1S/C29H37F5O/c1-2-3-4-5-6-7-8-21-9-11-22(12-10-21)13-14-23-15-17-24(18-16-23)29(33,34)35-25-19-26(30)28(32)27(31)20-25/h15-22H,2-14H2,1H3. The van der Waals surface area contributed by atoms with Crippen molar-refractivity contribution in [3.8, 4) is 5.75 Å². The van der Waals surface area contributed by atoms with E-state index in [4.69, 9.17) is 0 Å². The Morgan fingerprint density at radius 3 is 1.91 bits per heavy atom. The van der Waals surface area contributed by atoms with Crippen LogP contribution in [0.2, 0.25) is 0 Å². The van der Waals surface area contributed by atoms with Crippen LogP contribution in [0.25, 0.3) is 0 Å². The molecule has 0 aromatic heterocycles. The molecule has 0 radical (unpaired) electrons. The first kappa shape index (κ1) is 27.5. The van der Waals surface area contributed by atoms with Gasteiger partial charge in [-0.15, -0.1) is 0 Å². The van der Waals surface area contributed by atoms with Crippen LogP contribution in [0.15, 0.2) is 36.4 Å². The van der Waals surface area contributed by atoms with Gasteiger partial charge in [-0.2, -0.15) is 8.78 Å². The lowest BCUT2D eigenvalue weighted by Gasteiger charge is -2.28. The molecule has 0 heterocycles. The Labute approximate surface area is 206 Å². The molecule has 0 aliphatic heterocycles. The molecular weight excluding hydrogens is 459 g/mol. The molecule has 1 nitrogen and oxygen atoms in total. The fourth-order valence-corrected chi connectivity index (χ4v) is 5.06. The second-order valence-corrected chi connectivity index (χ2v) is 10.00. The van der Waals surface area contributed by atoms with Crippen LogP contribution < -0.4 is 4.74 Å². The van der Waals surface area contributed by atoms with E-state index in [1.807, 2.05) is 0 Å². The monoisotopic (exact) mass is 496 g/mol. The Balaban J connectivity index is 1.40. The zero-order chi connectivity index (χ0) is 25.3. The van der Waals surface area contributed by atoms with Crippen LogP contribution >= 0.6 is 0 Å². The van der Waals surface area contributed by atoms with Gasteiger partial charge in [0.1, 0.15) is 5.75 Å². The van der Waals surface area contributed by atoms with Crippen molar-refractivity contribution in [1.29, 1.82) is 0 Å². The molecule has 0 saturated heterocycles. The van der Waals surface area contributed by atoms with Crippen LogP contribution in [0.4, 0.5) is 22.0 Å². The van der Waals surface area contributed by atoms with Gasteiger partial charge in [0, 0.05) is 12.1 Å². The van der Waals surface area contributed by atoms with Crippen molar-refractivity contribution in [3.05, 3.63) is 65.0 Å². The third kappa shape index (κ3) is 8.50. The second kappa shape index (κ2) is 13.3. The van der Waals surface area contributed by atoms with Crippen molar-refractivity contribution in [3.63, 3.8) is 0 Å². The fourth-order valence-electron chi connectivity index (χ4n) is 5.06. The Morgan fingerprint density at radius 1 is 0.771 bits per heavy atom. The highest BCUT2D eigenvalue weighted by atomic mass is 19.3. The van der Waals surface area contributed by atoms with E-state index in [1.165, 1.54) is 82.8 Å². The van der Waals surface area contributed by atoms with Crippen molar-refractivity contribution in [2.45, 2.75) is 96.5 Å². The first-order chi connectivity index (χ1) is 16.8. The number of halogens is 5. The SMILES string of the molecule is CCCCCCCCC1CCC(CCc2ccc(C(F)(F)Oc3cc(F)c(F)c(F)c3)cc2)CC1. The normalized spacial score (nSPS) is 18.6. The quantitative estimate of drug-likeness (QED) is 0.152. The average Bonchev–Trinajstić information content (AvgIpc) is 2.84. The van der Waals surface area contributed by atoms with Crippen molar-refractivity contribution >= 4 is 0 Å². The molecule has 0 spiro atoms. The van der Waals surface area contributed by atoms with Crippen LogP contribution in [0.3, 0.4) is 0 Å². The molecular formula is C29H37F5O. The zero-order valence-corrected chi connectivity index (χ0v) is 20.6. The highest BCUT2D eigenvalue weighted by Crippen LogP contribution is 2.35. The number of rotatable bonds is 13. The molecule has 6 heteroatoms. The van der Waals surface area contributed by atoms with Crippen molar-refractivity contribution < 1.29 is 26.7 Å². The maximum atomic E-state index is 14.5. The van der Waals surface area contributed by atoms with Crippen molar-refractivity contribution in [2.75, 3.05) is 0 Å². The number of aryl methyl sites for hydroxylation is 1. The third-order valence-electron chi connectivity index (χ3n) is 7.27. The van der Waals surface area contributed by atoms with Gasteiger partial charge in [0.15, 0.2) is 17.5 Å². The van der Waals surface area contributed by atoms with Gasteiger partial charge in [-0.05, 0) is 42.4 Å². The maximum Gasteiger partial charge on any atom is 0.426 e. The van der Waals surface area contributed by atoms with Gasteiger partial charge in [-0.1, -0.05) is 89.7 Å². The molecule has 0 unspecified atom stereocenters. The lowest BCUT2D eigenvalue weighted by Crippen LogP contribution is -2.22. The molecule has 2 aromatic rings. The second-order valence-electron chi connectivity index (χ2n) is 10.00. The molecule has 1 aliphatic rings. The summed E-state index contributed by atoms with van der Waals surface area (Å²) in [5.74, 6) is -4.12. The highest BCUT2D eigenvalue weighted by molar-refractivity contribution is 5.29. The zero-order valence-electron chi connectivity index (χ0n) is 20.6. The van der Waals surface area contributed by atoms with Gasteiger partial charge in [0.05, 0.1) is 5.56 Å². The van der Waals surface area contributed by atoms with E-state index in [1.54, 1.807) is 12.1 Å². The average molecular weight is 497 g/mol. The minimum Gasteiger partial charge on any atom is -0.429 e. The summed E-state index contributed by atoms with van der Waals surface area (Å²) in [5.41, 5.74) is 0.541. The Bertz CT molecular complexity index is 881. The van der Waals surface area contributed by atoms with E-state index in [0.29, 0.717) is 18.1 Å². The Kier molecular flexibility index (Phi) is 10.4. The van der Waals surface area contributed by atoms with E-state index in [2.05, 4.69) is 11.7 Å². The van der Waals surface area contributed by atoms with Gasteiger partial charge < -0.3 is 4.74 Å². The fraction of sp³-hybridized carbons (Fsp3) is 0.586. The maximum absolute atomic E-state index is 14.5. The molecule has 0 N–H and O–H groups in total. The number of hydrogen-bond acceptors (Lipinski definition) is 1. The van der Waals surface area contributed by atoms with E-state index in [-0.39, 0.29) is 0 Å². The third-order valence-corrected chi connectivity index (χ3v) is 7.27. The molecule has 3 rings (SSSR count). The summed E-state index contributed by atoms with van der Waals surface area (Å²) in [6.45, 7) is 2.24. The molecule has 194 valence electrons. The predicted octanol–water partition coefficient (Wildman–Crippen LogP) is 9.72. The van der Waals surface area contributed by atoms with E-state index in [9.17, 15) is 22.0 Å². The first-order valence-electron chi connectivity index (χ1n) is 13.1. The van der Waals surface area contributed by atoms with Gasteiger partial charge >= 0.3 is 6.11 Å². The number of ether oxygens (including phenoxy) is 1. The van der Waals surface area contributed by atoms with Crippen LogP contribution in [0.5, 0.6) is 5.75 Å². The van der Waals surface area contributed by atoms with Crippen LogP contribution in [-0.2, 0) is 12.5 Å². The molecule has 0 atom stereocenters. The molecule has 2 aromatic carbocycles. The lowest BCUT2D eigenvalue weighted by atomic mass is 9.77. The topological polar surface area (TPSA) is 9.23 Å². The Hall–Kier alpha value is -2.11. The van der Waals surface area contributed by atoms with Crippen molar-refractivity contribution in [2.24, 2.45) is 11.8 Å². The van der Waals surface area contributed by atoms with Gasteiger partial charge in [-0.3, -0.25) is 0 Å². The van der Waals surface area contributed by atoms with E-state index < -0.39 is 34.9 Å². The number of alkyl halides is 2. The van der Waals surface area contributed by atoms with E-state index in [0.717, 1.165) is 24.3 Å². The van der Waals surface area contributed by atoms with Crippen LogP contribution in [0, 0.1) is 29.3 Å². The van der Waals surface area contributed by atoms with E-state index >= 15 is 0 Å². The van der Waals surface area contributed by atoms with Gasteiger partial charge in [0.2, 0.25) is 0 Å². The molecule has 1 aliphatic carbocycles. The van der Waals surface area contributed by atoms with Crippen molar-refractivity contribution in [1.82, 2.24) is 0 Å². The largest absolute Gasteiger partial charge is 0.429 e. The highest BCUT2D eigenvalue weighted by Gasteiger charge is 2.35. The molecule has 1 saturated carbocycles. The summed E-state index contributed by atoms with van der Waals surface area (Å²) in [4.78, 5) is 0. The number of hydrogen-bond donors (Lipinski definition) is 0. The molecule has 35 heavy (non-hydrogen) atoms. The van der Waals surface area contributed by atoms with Crippen LogP contribution in [0.1, 0.15) is 95.1 Å². The number of unbranched alkanes of at least 4 members (excludes halogenated alkanes) is 5. The summed E-state index contributed by atoms with van der Waals surface area (Å²) in [6.07, 6.45) is 12.6. The minimum absolute atomic E-state index is 0.406. The summed E-state index contributed by atoms with van der Waals surface area (Å²) in [5, 5.41) is 0. The summed E-state index contributed by atoms with van der Waals surface area (Å²) < 4.78 is 73.0. The molecule has 0 bridgehead atoms. The molecule has 0 amide bonds. The van der Waals surface area contributed by atoms with Gasteiger partial charge in [0.25, 0.3) is 0 Å². The minimum atomic E-state index is -3.80. The number of benzene rings is 2. The first-order valence-corrected chi connectivity index (χ1v) is 13.1. The smallest absolute Gasteiger partial charge is 0.426 e. The van der Waals surface area contributed by atoms with Crippen LogP contribution in [-0.4, -0.2) is 0 Å². The summed E-state index contributed by atoms with van der Waals surface area (Å²) in [6, 6.07) is 6.63.